The quantitative estimate of drug-likeness (QED) is 0.400. The first-order chi connectivity index (χ1) is 14.7. The molecule has 0 spiro atoms. The van der Waals surface area contributed by atoms with Crippen molar-refractivity contribution in [3.63, 3.8) is 0 Å². The molecule has 4 rings (SSSR count). The zero-order valence-corrected chi connectivity index (χ0v) is 19.0. The molecule has 0 unspecified atom stereocenters. The molecule has 160 valence electrons. The van der Waals surface area contributed by atoms with Crippen molar-refractivity contribution in [3.8, 4) is 0 Å². The van der Waals surface area contributed by atoms with E-state index in [9.17, 15) is 4.79 Å². The Morgan fingerprint density at radius 1 is 1.27 bits per heavy atom. The van der Waals surface area contributed by atoms with Crippen molar-refractivity contribution in [2.24, 2.45) is 0 Å². The van der Waals surface area contributed by atoms with E-state index in [0.717, 1.165) is 52.1 Å². The fourth-order valence-electron chi connectivity index (χ4n) is 3.62. The van der Waals surface area contributed by atoms with E-state index in [0.29, 0.717) is 19.5 Å². The number of hydrogen-bond donors (Lipinski definition) is 1. The monoisotopic (exact) mass is 444 g/mol. The van der Waals surface area contributed by atoms with Crippen LogP contribution in [0.1, 0.15) is 37.5 Å². The molecule has 0 radical (unpaired) electrons. The Morgan fingerprint density at radius 2 is 2.13 bits per heavy atom. The van der Waals surface area contributed by atoms with E-state index < -0.39 is 0 Å². The molecule has 4 heterocycles. The van der Waals surface area contributed by atoms with Gasteiger partial charge in [-0.3, -0.25) is 4.79 Å². The van der Waals surface area contributed by atoms with Crippen molar-refractivity contribution in [3.05, 3.63) is 28.6 Å². The number of carbonyl (C=O) groups is 1. The maximum absolute atomic E-state index is 12.2. The number of rotatable bonds is 9. The Morgan fingerprint density at radius 3 is 2.90 bits per heavy atom. The second-order valence-electron chi connectivity index (χ2n) is 7.44. The number of nitrogens with zero attached hydrogens (tertiary/aromatic N) is 5. The normalized spacial score (nSPS) is 14.4. The van der Waals surface area contributed by atoms with Gasteiger partial charge in [-0.2, -0.15) is 5.10 Å². The van der Waals surface area contributed by atoms with E-state index in [1.54, 1.807) is 23.1 Å². The van der Waals surface area contributed by atoms with Crippen LogP contribution in [0, 0.1) is 0 Å². The predicted octanol–water partition coefficient (Wildman–Crippen LogP) is 3.74. The van der Waals surface area contributed by atoms with Crippen LogP contribution in [0.15, 0.2) is 28.9 Å². The number of nitrogens with one attached hydrogen (secondary N) is 1. The van der Waals surface area contributed by atoms with Gasteiger partial charge in [-0.05, 0) is 37.1 Å². The zero-order chi connectivity index (χ0) is 20.8. The van der Waals surface area contributed by atoms with E-state index in [2.05, 4.69) is 22.2 Å². The number of anilines is 1. The molecule has 0 saturated carbocycles. The van der Waals surface area contributed by atoms with Crippen LogP contribution < -0.4 is 10.2 Å². The third kappa shape index (κ3) is 5.13. The van der Waals surface area contributed by atoms with Gasteiger partial charge < -0.3 is 10.2 Å². The van der Waals surface area contributed by atoms with Crippen LogP contribution in [0.3, 0.4) is 0 Å². The highest BCUT2D eigenvalue weighted by atomic mass is 32.2. The van der Waals surface area contributed by atoms with Gasteiger partial charge in [-0.1, -0.05) is 24.8 Å². The molecular formula is C21H28N6OS2. The Labute approximate surface area is 185 Å². The molecule has 30 heavy (non-hydrogen) atoms. The molecule has 1 fully saturated rings. The average Bonchev–Trinajstić information content (AvgIpc) is 3.42. The van der Waals surface area contributed by atoms with Crippen LogP contribution >= 0.6 is 23.1 Å². The Balaban J connectivity index is 1.49. The van der Waals surface area contributed by atoms with Crippen molar-refractivity contribution in [2.45, 2.75) is 50.7 Å². The van der Waals surface area contributed by atoms with Crippen LogP contribution in [0.4, 0.5) is 5.82 Å². The summed E-state index contributed by atoms with van der Waals surface area (Å²) in [6.45, 7) is 5.36. The second-order valence-corrected chi connectivity index (χ2v) is 9.53. The molecule has 1 amide bonds. The lowest BCUT2D eigenvalue weighted by molar-refractivity contribution is -0.120. The summed E-state index contributed by atoms with van der Waals surface area (Å²) in [5.41, 5.74) is 0.858. The summed E-state index contributed by atoms with van der Waals surface area (Å²) in [6.07, 6.45) is 7.07. The van der Waals surface area contributed by atoms with E-state index in [1.165, 1.54) is 19.3 Å². The fourth-order valence-corrected chi connectivity index (χ4v) is 5.02. The van der Waals surface area contributed by atoms with E-state index >= 15 is 0 Å². The lowest BCUT2D eigenvalue weighted by Crippen LogP contribution is -2.30. The number of thiophene rings is 1. The fraction of sp³-hybridized carbons (Fsp3) is 0.524. The second kappa shape index (κ2) is 10.3. The zero-order valence-electron chi connectivity index (χ0n) is 17.3. The molecule has 3 aromatic heterocycles. The molecule has 1 saturated heterocycles. The highest BCUT2D eigenvalue weighted by Gasteiger charge is 2.20. The topological polar surface area (TPSA) is 75.9 Å². The first-order valence-electron chi connectivity index (χ1n) is 10.6. The Kier molecular flexibility index (Phi) is 7.22. The van der Waals surface area contributed by atoms with Crippen molar-refractivity contribution in [1.29, 1.82) is 0 Å². The summed E-state index contributed by atoms with van der Waals surface area (Å²) in [7, 11) is 0. The molecule has 0 aromatic carbocycles. The number of thioether (sulfide) groups is 1. The number of aromatic nitrogens is 4. The summed E-state index contributed by atoms with van der Waals surface area (Å²) in [4.78, 5) is 25.3. The summed E-state index contributed by atoms with van der Waals surface area (Å²) >= 11 is 3.30. The molecule has 0 aliphatic carbocycles. The maximum atomic E-state index is 12.2. The van der Waals surface area contributed by atoms with Crippen LogP contribution in [0.2, 0.25) is 0 Å². The van der Waals surface area contributed by atoms with Crippen molar-refractivity contribution < 1.29 is 4.79 Å². The van der Waals surface area contributed by atoms with Gasteiger partial charge in [0.05, 0.1) is 24.5 Å². The lowest BCUT2D eigenvalue weighted by atomic mass is 10.1. The molecule has 0 atom stereocenters. The van der Waals surface area contributed by atoms with Gasteiger partial charge in [0.25, 0.3) is 0 Å². The van der Waals surface area contributed by atoms with E-state index in [1.807, 2.05) is 28.4 Å². The molecule has 7 nitrogen and oxygen atoms in total. The van der Waals surface area contributed by atoms with Crippen LogP contribution in [-0.4, -0.2) is 51.0 Å². The number of hydrogen-bond acceptors (Lipinski definition) is 7. The SMILES string of the molecule is CCCSc1nc(N2CCCCC2)c2cnn(CCNC(=O)Cc3cccs3)c2n1. The van der Waals surface area contributed by atoms with Gasteiger partial charge in [0.1, 0.15) is 5.82 Å². The van der Waals surface area contributed by atoms with Crippen molar-refractivity contribution in [2.75, 3.05) is 30.3 Å². The first-order valence-corrected chi connectivity index (χ1v) is 12.5. The molecule has 1 N–H and O–H groups in total. The maximum Gasteiger partial charge on any atom is 0.225 e. The molecule has 3 aromatic rings. The third-order valence-corrected chi connectivity index (χ3v) is 7.04. The number of carbonyl (C=O) groups excluding carboxylic acids is 1. The predicted molar refractivity (Wildman–Crippen MR) is 123 cm³/mol. The first kappa shape index (κ1) is 21.1. The van der Waals surface area contributed by atoms with Crippen LogP contribution in [0.25, 0.3) is 11.0 Å². The van der Waals surface area contributed by atoms with Crippen molar-refractivity contribution in [1.82, 2.24) is 25.1 Å². The minimum atomic E-state index is 0.0386. The van der Waals surface area contributed by atoms with Gasteiger partial charge in [0.2, 0.25) is 5.91 Å². The smallest absolute Gasteiger partial charge is 0.225 e. The summed E-state index contributed by atoms with van der Waals surface area (Å²) < 4.78 is 1.89. The van der Waals surface area contributed by atoms with Gasteiger partial charge >= 0.3 is 0 Å². The molecule has 1 aliphatic rings. The standard InChI is InChI=1S/C21H28N6OS2/c1-2-12-30-21-24-19(26-9-4-3-5-10-26)17-15-23-27(20(17)25-21)11-8-22-18(28)14-16-7-6-13-29-16/h6-7,13,15H,2-5,8-12,14H2,1H3,(H,22,28). The summed E-state index contributed by atoms with van der Waals surface area (Å²) in [6, 6.07) is 3.96. The summed E-state index contributed by atoms with van der Waals surface area (Å²) in [5.74, 6) is 2.04. The molecule has 1 aliphatic heterocycles. The van der Waals surface area contributed by atoms with Crippen molar-refractivity contribution >= 4 is 45.9 Å². The summed E-state index contributed by atoms with van der Waals surface area (Å²) in [5, 5.41) is 11.4. The Bertz CT molecular complexity index is 965. The van der Waals surface area contributed by atoms with Gasteiger partial charge in [0.15, 0.2) is 10.8 Å². The van der Waals surface area contributed by atoms with Crippen LogP contribution in [-0.2, 0) is 17.8 Å². The third-order valence-electron chi connectivity index (χ3n) is 5.11. The number of fused-ring (bicyclic) bond motifs is 1. The minimum absolute atomic E-state index is 0.0386. The average molecular weight is 445 g/mol. The number of amides is 1. The molecular weight excluding hydrogens is 416 g/mol. The number of piperidine rings is 1. The molecule has 0 bridgehead atoms. The van der Waals surface area contributed by atoms with Gasteiger partial charge in [-0.15, -0.1) is 11.3 Å². The largest absolute Gasteiger partial charge is 0.356 e. The lowest BCUT2D eigenvalue weighted by Gasteiger charge is -2.28. The molecule has 9 heteroatoms. The minimum Gasteiger partial charge on any atom is -0.356 e. The van der Waals surface area contributed by atoms with Gasteiger partial charge in [0, 0.05) is 30.3 Å². The van der Waals surface area contributed by atoms with E-state index in [4.69, 9.17) is 9.97 Å². The van der Waals surface area contributed by atoms with E-state index in [-0.39, 0.29) is 5.91 Å². The van der Waals surface area contributed by atoms with Gasteiger partial charge in [-0.25, -0.2) is 14.6 Å². The highest BCUT2D eigenvalue weighted by Crippen LogP contribution is 2.29. The Hall–Kier alpha value is -2.13. The van der Waals surface area contributed by atoms with Crippen LogP contribution in [0.5, 0.6) is 0 Å². The highest BCUT2D eigenvalue weighted by molar-refractivity contribution is 7.99.